The molecule has 1 aromatic rings. The van der Waals surface area contributed by atoms with E-state index in [2.05, 4.69) is 49.6 Å². The van der Waals surface area contributed by atoms with Gasteiger partial charge in [0, 0.05) is 6.42 Å². The highest BCUT2D eigenvalue weighted by Gasteiger charge is 1.92. The van der Waals surface area contributed by atoms with Gasteiger partial charge in [-0.25, -0.2) is 0 Å². The quantitative estimate of drug-likeness (QED) is 0.322. The normalized spacial score (nSPS) is 10.5. The molecule has 22 heavy (non-hydrogen) atoms. The fraction of sp³-hybridized carbons (Fsp3) is 0.364. The van der Waals surface area contributed by atoms with Gasteiger partial charge in [-0.05, 0) is 52.5 Å². The molecule has 0 radical (unpaired) electrons. The fourth-order valence-corrected chi connectivity index (χ4v) is 1.93. The van der Waals surface area contributed by atoms with E-state index in [9.17, 15) is 0 Å². The van der Waals surface area contributed by atoms with Crippen LogP contribution in [0.1, 0.15) is 51.2 Å². The number of allylic oxidation sites excluding steroid dienone is 5. The molecule has 0 saturated carbocycles. The van der Waals surface area contributed by atoms with Gasteiger partial charge in [0.1, 0.15) is 0 Å². The molecule has 0 fully saturated rings. The summed E-state index contributed by atoms with van der Waals surface area (Å²) < 4.78 is 0. The van der Waals surface area contributed by atoms with Crippen molar-refractivity contribution in [3.05, 3.63) is 71.8 Å². The Kier molecular flexibility index (Phi) is 12.7. The third-order valence-electron chi connectivity index (χ3n) is 3.12. The highest BCUT2D eigenvalue weighted by molar-refractivity contribution is 5.21. The average molecular weight is 294 g/mol. The zero-order chi connectivity index (χ0) is 16.6. The molecule has 0 amide bonds. The topological polar surface area (TPSA) is 0 Å². The summed E-state index contributed by atoms with van der Waals surface area (Å²) in [5.74, 6) is 6.02. The standard InChI is InChI=1S/C14H18.C8H12/c1-3-4-5-6-7-8-14-11-9-13(2)10-12-14;1-4-6-8(3)7-5-2/h9-12H,5-8H2,1-2H3;4-7H,1H2,2-3H3/b;7-5-,8-6-. The molecule has 0 aliphatic rings. The van der Waals surface area contributed by atoms with Crippen molar-refractivity contribution in [1.29, 1.82) is 0 Å². The van der Waals surface area contributed by atoms with Crippen molar-refractivity contribution in [3.63, 3.8) is 0 Å². The van der Waals surface area contributed by atoms with Gasteiger partial charge in [0.15, 0.2) is 0 Å². The molecule has 0 atom stereocenters. The predicted octanol–water partition coefficient (Wildman–Crippen LogP) is 6.43. The molecule has 0 spiro atoms. The fourth-order valence-electron chi connectivity index (χ4n) is 1.93. The van der Waals surface area contributed by atoms with Gasteiger partial charge < -0.3 is 0 Å². The van der Waals surface area contributed by atoms with E-state index in [1.807, 2.05) is 39.0 Å². The minimum atomic E-state index is 1.04. The summed E-state index contributed by atoms with van der Waals surface area (Å²) in [5, 5.41) is 0. The van der Waals surface area contributed by atoms with E-state index >= 15 is 0 Å². The molecule has 0 unspecified atom stereocenters. The summed E-state index contributed by atoms with van der Waals surface area (Å²) in [5.41, 5.74) is 4.02. The molecule has 0 saturated heterocycles. The highest BCUT2D eigenvalue weighted by atomic mass is 14.0. The number of aryl methyl sites for hydroxylation is 2. The van der Waals surface area contributed by atoms with Crippen molar-refractivity contribution in [1.82, 2.24) is 0 Å². The van der Waals surface area contributed by atoms with Gasteiger partial charge in [0.05, 0.1) is 0 Å². The third-order valence-corrected chi connectivity index (χ3v) is 3.12. The Bertz CT molecular complexity index is 515. The Morgan fingerprint density at radius 1 is 1.18 bits per heavy atom. The first kappa shape index (κ1) is 20.0. The van der Waals surface area contributed by atoms with Crippen LogP contribution in [0.2, 0.25) is 0 Å². The van der Waals surface area contributed by atoms with Crippen LogP contribution >= 0.6 is 0 Å². The molecule has 0 bridgehead atoms. The second kappa shape index (κ2) is 14.0. The average Bonchev–Trinajstić information content (AvgIpc) is 2.50. The van der Waals surface area contributed by atoms with E-state index in [0.29, 0.717) is 0 Å². The maximum absolute atomic E-state index is 3.57. The molecule has 0 nitrogen and oxygen atoms in total. The van der Waals surface area contributed by atoms with E-state index < -0.39 is 0 Å². The molecule has 1 aromatic carbocycles. The van der Waals surface area contributed by atoms with Crippen LogP contribution in [-0.4, -0.2) is 0 Å². The van der Waals surface area contributed by atoms with Crippen molar-refractivity contribution in [2.45, 2.75) is 53.4 Å². The van der Waals surface area contributed by atoms with Crippen LogP contribution in [0.15, 0.2) is 60.7 Å². The minimum absolute atomic E-state index is 1.04. The zero-order valence-corrected chi connectivity index (χ0v) is 14.7. The maximum Gasteiger partial charge on any atom is 0.00886 e. The monoisotopic (exact) mass is 294 g/mol. The Labute approximate surface area is 137 Å². The van der Waals surface area contributed by atoms with Crippen molar-refractivity contribution in [2.75, 3.05) is 0 Å². The van der Waals surface area contributed by atoms with Gasteiger partial charge in [0.2, 0.25) is 0 Å². The zero-order valence-electron chi connectivity index (χ0n) is 14.7. The van der Waals surface area contributed by atoms with E-state index in [4.69, 9.17) is 0 Å². The number of rotatable bonds is 6. The molecule has 0 aromatic heterocycles. The van der Waals surface area contributed by atoms with E-state index in [-0.39, 0.29) is 0 Å². The predicted molar refractivity (Wildman–Crippen MR) is 101 cm³/mol. The SMILES string of the molecule is C=C/C=C(C)\C=C/C.CC#CCCCCc1ccc(C)cc1. The van der Waals surface area contributed by atoms with E-state index in [1.165, 1.54) is 36.0 Å². The van der Waals surface area contributed by atoms with Crippen LogP contribution in [-0.2, 0) is 6.42 Å². The van der Waals surface area contributed by atoms with Gasteiger partial charge >= 0.3 is 0 Å². The van der Waals surface area contributed by atoms with Crippen molar-refractivity contribution in [2.24, 2.45) is 0 Å². The van der Waals surface area contributed by atoms with Crippen molar-refractivity contribution < 1.29 is 0 Å². The van der Waals surface area contributed by atoms with Gasteiger partial charge in [-0.3, -0.25) is 0 Å². The first-order chi connectivity index (χ1) is 10.6. The van der Waals surface area contributed by atoms with Crippen LogP contribution in [0.3, 0.4) is 0 Å². The summed E-state index contributed by atoms with van der Waals surface area (Å²) >= 11 is 0. The number of hydrogen-bond acceptors (Lipinski definition) is 0. The molecule has 0 aliphatic carbocycles. The van der Waals surface area contributed by atoms with Crippen molar-refractivity contribution in [3.8, 4) is 11.8 Å². The van der Waals surface area contributed by atoms with Gasteiger partial charge in [0.25, 0.3) is 0 Å². The summed E-state index contributed by atoms with van der Waals surface area (Å²) in [4.78, 5) is 0. The number of benzene rings is 1. The molecular weight excluding hydrogens is 264 g/mol. The molecular formula is C22H30. The number of hydrogen-bond donors (Lipinski definition) is 0. The lowest BCUT2D eigenvalue weighted by Crippen LogP contribution is -1.85. The largest absolute Gasteiger partial charge is 0.107 e. The summed E-state index contributed by atoms with van der Waals surface area (Å²) in [6.07, 6.45) is 12.5. The van der Waals surface area contributed by atoms with Gasteiger partial charge in [-0.2, -0.15) is 0 Å². The lowest BCUT2D eigenvalue weighted by Gasteiger charge is -2.00. The molecule has 118 valence electrons. The first-order valence-corrected chi connectivity index (χ1v) is 8.01. The second-order valence-corrected chi connectivity index (χ2v) is 5.27. The molecule has 1 rings (SSSR count). The lowest BCUT2D eigenvalue weighted by atomic mass is 10.1. The highest BCUT2D eigenvalue weighted by Crippen LogP contribution is 2.07. The van der Waals surface area contributed by atoms with Crippen LogP contribution < -0.4 is 0 Å². The summed E-state index contributed by atoms with van der Waals surface area (Å²) in [6.45, 7) is 11.6. The smallest absolute Gasteiger partial charge is 0.00886 e. The summed E-state index contributed by atoms with van der Waals surface area (Å²) in [7, 11) is 0. The second-order valence-electron chi connectivity index (χ2n) is 5.27. The van der Waals surface area contributed by atoms with Crippen LogP contribution in [0.25, 0.3) is 0 Å². The van der Waals surface area contributed by atoms with Crippen molar-refractivity contribution >= 4 is 0 Å². The Morgan fingerprint density at radius 2 is 1.86 bits per heavy atom. The van der Waals surface area contributed by atoms with E-state index in [0.717, 1.165) is 6.42 Å². The van der Waals surface area contributed by atoms with Gasteiger partial charge in [-0.1, -0.05) is 66.3 Å². The Morgan fingerprint density at radius 3 is 2.41 bits per heavy atom. The third kappa shape index (κ3) is 11.8. The Balaban J connectivity index is 0.000000472. The van der Waals surface area contributed by atoms with E-state index in [1.54, 1.807) is 6.08 Å². The van der Waals surface area contributed by atoms with Crippen LogP contribution in [0.4, 0.5) is 0 Å². The maximum atomic E-state index is 3.57. The van der Waals surface area contributed by atoms with Crippen LogP contribution in [0, 0.1) is 18.8 Å². The number of unbranched alkanes of at least 4 members (excludes halogenated alkanes) is 2. The van der Waals surface area contributed by atoms with Crippen LogP contribution in [0.5, 0.6) is 0 Å². The minimum Gasteiger partial charge on any atom is -0.107 e. The Hall–Kier alpha value is -2.00. The molecule has 0 heteroatoms. The molecule has 0 heterocycles. The summed E-state index contributed by atoms with van der Waals surface area (Å²) in [6, 6.07) is 8.81. The first-order valence-electron chi connectivity index (χ1n) is 8.01. The lowest BCUT2D eigenvalue weighted by molar-refractivity contribution is 0.756. The van der Waals surface area contributed by atoms with Gasteiger partial charge in [-0.15, -0.1) is 11.8 Å². The molecule has 0 aliphatic heterocycles. The molecule has 0 N–H and O–H groups in total.